The van der Waals surface area contributed by atoms with E-state index in [4.69, 9.17) is 38.3 Å². The van der Waals surface area contributed by atoms with Crippen molar-refractivity contribution in [2.24, 2.45) is 22.9 Å². The van der Waals surface area contributed by atoms with Crippen LogP contribution in [-0.2, 0) is 64.2 Å². The Morgan fingerprint density at radius 2 is 0.877 bits per heavy atom. The maximum Gasteiger partial charge on any atom is 0.325 e. The maximum atomic E-state index is 12.7. The number of carboxylic acid groups (broad SMARTS) is 4. The summed E-state index contributed by atoms with van der Waals surface area (Å²) in [7, 11) is 0. The largest absolute Gasteiger partial charge is 0.480 e. The summed E-state index contributed by atoms with van der Waals surface area (Å²) in [5, 5.41) is 46.0. The molecule has 57 heavy (non-hydrogen) atoms. The number of amides is 4. The number of aryl methyl sites for hydroxylation is 3. The molecule has 0 aliphatic rings. The zero-order valence-corrected chi connectivity index (χ0v) is 32.9. The standard InChI is InChI=1S/C36H59N9O12/c1-18(33(50)51)41-29(46)24(37)8-5-6-15-45-17-22(11-13-26(39)31(48)43-20(3)35(54)55)16-23(12-14-27(40)32(49)44-21(4)36(56)57)28(45)10-7-9-25(38)30(47)42-19(2)34(52)53/h16-21,24-27H,5-15,37-40H2,1-4H3,(H7-,41,42,43,44,46,47,48,49,50,51,52,53,54,55,56,57)/p+1/t18-,19-,20+,21-,24-,25+,26+,27-/m1/s1. The number of carbonyl (C=O) groups is 8. The lowest BCUT2D eigenvalue weighted by atomic mass is 9.96. The Balaban J connectivity index is 3.46. The van der Waals surface area contributed by atoms with E-state index in [2.05, 4.69) is 21.3 Å². The topological polar surface area (TPSA) is 374 Å². The van der Waals surface area contributed by atoms with Gasteiger partial charge in [-0.15, -0.1) is 0 Å². The van der Waals surface area contributed by atoms with Crippen LogP contribution in [0, 0.1) is 0 Å². The van der Waals surface area contributed by atoms with E-state index in [1.54, 1.807) is 0 Å². The molecule has 1 heterocycles. The summed E-state index contributed by atoms with van der Waals surface area (Å²) in [6.45, 7) is 5.61. The third kappa shape index (κ3) is 18.0. The Hall–Kier alpha value is -5.25. The van der Waals surface area contributed by atoms with Crippen molar-refractivity contribution in [1.29, 1.82) is 0 Å². The van der Waals surface area contributed by atoms with Crippen LogP contribution in [0.2, 0.25) is 0 Å². The normalized spacial score (nSPS) is 15.4. The van der Waals surface area contributed by atoms with Crippen molar-refractivity contribution < 1.29 is 63.3 Å². The summed E-state index contributed by atoms with van der Waals surface area (Å²) in [6, 6.07) is -6.88. The van der Waals surface area contributed by atoms with Gasteiger partial charge in [-0.1, -0.05) is 0 Å². The minimum Gasteiger partial charge on any atom is -0.480 e. The molecule has 1 aromatic rings. The molecule has 0 unspecified atom stereocenters. The first-order chi connectivity index (χ1) is 26.5. The van der Waals surface area contributed by atoms with Gasteiger partial charge in [0.2, 0.25) is 23.6 Å². The van der Waals surface area contributed by atoms with Crippen LogP contribution in [-0.4, -0.2) is 116 Å². The zero-order valence-electron chi connectivity index (χ0n) is 32.9. The molecule has 0 bridgehead atoms. The van der Waals surface area contributed by atoms with Gasteiger partial charge in [0.1, 0.15) is 30.7 Å². The number of nitrogens with zero attached hydrogens (tertiary/aromatic N) is 1. The molecule has 0 spiro atoms. The molecule has 0 saturated heterocycles. The monoisotopic (exact) mass is 810 g/mol. The molecule has 320 valence electrons. The molecule has 0 aliphatic heterocycles. The maximum absolute atomic E-state index is 12.7. The number of unbranched alkanes of at least 4 members (excludes halogenated alkanes) is 1. The van der Waals surface area contributed by atoms with Crippen molar-refractivity contribution in [2.45, 2.75) is 147 Å². The molecule has 0 radical (unpaired) electrons. The molecule has 0 aliphatic carbocycles. The predicted molar refractivity (Wildman–Crippen MR) is 203 cm³/mol. The molecule has 4 amide bonds. The number of pyridine rings is 1. The van der Waals surface area contributed by atoms with Crippen LogP contribution in [0.5, 0.6) is 0 Å². The van der Waals surface area contributed by atoms with E-state index < -0.39 is 95.8 Å². The number of nitrogens with two attached hydrogens (primary N) is 4. The smallest absolute Gasteiger partial charge is 0.325 e. The van der Waals surface area contributed by atoms with Crippen LogP contribution in [0.1, 0.15) is 89.5 Å². The van der Waals surface area contributed by atoms with Crippen LogP contribution in [0.15, 0.2) is 12.3 Å². The number of carbonyl (C=O) groups excluding carboxylic acids is 4. The van der Waals surface area contributed by atoms with Crippen molar-refractivity contribution in [3.8, 4) is 0 Å². The molecule has 1 aromatic heterocycles. The van der Waals surface area contributed by atoms with Gasteiger partial charge in [0, 0.05) is 24.0 Å². The van der Waals surface area contributed by atoms with E-state index >= 15 is 0 Å². The second kappa shape index (κ2) is 24.4. The van der Waals surface area contributed by atoms with Crippen molar-refractivity contribution in [2.75, 3.05) is 0 Å². The third-order valence-corrected chi connectivity index (χ3v) is 9.22. The fourth-order valence-electron chi connectivity index (χ4n) is 5.49. The Labute approximate surface area is 330 Å². The highest BCUT2D eigenvalue weighted by Crippen LogP contribution is 2.17. The fraction of sp³-hybridized carbons (Fsp3) is 0.639. The predicted octanol–water partition coefficient (Wildman–Crippen LogP) is -3.00. The van der Waals surface area contributed by atoms with Crippen LogP contribution < -0.4 is 48.8 Å². The quantitative estimate of drug-likeness (QED) is 0.0311. The van der Waals surface area contributed by atoms with Gasteiger partial charge in [-0.2, -0.15) is 0 Å². The van der Waals surface area contributed by atoms with Gasteiger partial charge in [-0.3, -0.25) is 38.4 Å². The first-order valence-electron chi connectivity index (χ1n) is 18.7. The summed E-state index contributed by atoms with van der Waals surface area (Å²) in [5.74, 6) is -7.48. The first-order valence-corrected chi connectivity index (χ1v) is 18.7. The van der Waals surface area contributed by atoms with Gasteiger partial charge in [0.05, 0.1) is 24.2 Å². The fourth-order valence-corrected chi connectivity index (χ4v) is 5.49. The second-order valence-corrected chi connectivity index (χ2v) is 14.2. The summed E-state index contributed by atoms with van der Waals surface area (Å²) < 4.78 is 1.94. The number of nitrogens with one attached hydrogen (secondary N) is 4. The van der Waals surface area contributed by atoms with Crippen molar-refractivity contribution >= 4 is 47.5 Å². The molecule has 0 aromatic carbocycles. The SMILES string of the molecule is C[C@H](NC(=O)[C@@H](N)CCc1cc(CC[C@@H](N)C(=O)N[C@H](C)C(=O)O)c(CCC[C@H](N)C(=O)N[C@H](C)C(=O)O)[n+](CCCC[C@@H](N)C(=O)N[C@H](C)C(=O)O)c1)C(=O)O. The molecule has 8 atom stereocenters. The van der Waals surface area contributed by atoms with Crippen LogP contribution in [0.3, 0.4) is 0 Å². The summed E-state index contributed by atoms with van der Waals surface area (Å²) in [4.78, 5) is 95.1. The number of hydrogen-bond donors (Lipinski definition) is 12. The minimum atomic E-state index is -1.24. The van der Waals surface area contributed by atoms with Gasteiger partial charge in [-0.25, -0.2) is 4.57 Å². The first kappa shape index (κ1) is 49.8. The lowest BCUT2D eigenvalue weighted by Crippen LogP contribution is -2.48. The van der Waals surface area contributed by atoms with E-state index in [0.29, 0.717) is 32.2 Å². The lowest BCUT2D eigenvalue weighted by molar-refractivity contribution is -0.705. The lowest BCUT2D eigenvalue weighted by Gasteiger charge is -2.18. The minimum absolute atomic E-state index is 0.0946. The van der Waals surface area contributed by atoms with E-state index in [-0.39, 0.29) is 38.5 Å². The number of aliphatic carboxylic acids is 4. The van der Waals surface area contributed by atoms with Crippen molar-refractivity contribution in [3.63, 3.8) is 0 Å². The third-order valence-electron chi connectivity index (χ3n) is 9.22. The zero-order chi connectivity index (χ0) is 43.6. The molecule has 1 rings (SSSR count). The van der Waals surface area contributed by atoms with Gasteiger partial charge in [-0.05, 0) is 85.1 Å². The van der Waals surface area contributed by atoms with E-state index in [0.717, 1.165) is 16.8 Å². The van der Waals surface area contributed by atoms with Gasteiger partial charge in [0.25, 0.3) is 0 Å². The van der Waals surface area contributed by atoms with Gasteiger partial charge >= 0.3 is 23.9 Å². The van der Waals surface area contributed by atoms with Crippen LogP contribution >= 0.6 is 0 Å². The molecular formula is C36H60N9O12+. The highest BCUT2D eigenvalue weighted by atomic mass is 16.4. The van der Waals surface area contributed by atoms with Crippen LogP contribution in [0.25, 0.3) is 0 Å². The molecule has 0 saturated carbocycles. The summed E-state index contributed by atoms with van der Waals surface area (Å²) in [5.41, 5.74) is 26.6. The average molecular weight is 811 g/mol. The van der Waals surface area contributed by atoms with Gasteiger partial charge in [0.15, 0.2) is 11.9 Å². The molecule has 0 fully saturated rings. The van der Waals surface area contributed by atoms with E-state index in [1.165, 1.54) is 27.7 Å². The number of hydrogen-bond acceptors (Lipinski definition) is 12. The Kier molecular flexibility index (Phi) is 21.3. The number of carboxylic acids is 4. The number of rotatable bonds is 27. The summed E-state index contributed by atoms with van der Waals surface area (Å²) >= 11 is 0. The van der Waals surface area contributed by atoms with E-state index in [1.807, 2.05) is 16.8 Å². The van der Waals surface area contributed by atoms with Crippen LogP contribution in [0.4, 0.5) is 0 Å². The number of aromatic nitrogens is 1. The average Bonchev–Trinajstić information content (AvgIpc) is 3.14. The van der Waals surface area contributed by atoms with Gasteiger partial charge < -0.3 is 64.6 Å². The molecule has 16 N–H and O–H groups in total. The Morgan fingerprint density at radius 3 is 1.26 bits per heavy atom. The Bertz CT molecular complexity index is 1590. The summed E-state index contributed by atoms with van der Waals surface area (Å²) in [6.07, 6.45) is 4.64. The highest BCUT2D eigenvalue weighted by molar-refractivity contribution is 5.88. The van der Waals surface area contributed by atoms with Crippen molar-refractivity contribution in [3.05, 3.63) is 29.1 Å². The Morgan fingerprint density at radius 1 is 0.526 bits per heavy atom. The van der Waals surface area contributed by atoms with E-state index in [9.17, 15) is 43.5 Å². The molecular weight excluding hydrogens is 750 g/mol. The second-order valence-electron chi connectivity index (χ2n) is 14.2. The van der Waals surface area contributed by atoms with Crippen molar-refractivity contribution in [1.82, 2.24) is 21.3 Å². The molecule has 21 nitrogen and oxygen atoms in total. The molecule has 21 heteroatoms. The highest BCUT2D eigenvalue weighted by Gasteiger charge is 2.26.